The molecule has 1 amide bonds. The minimum atomic E-state index is -4.45. The molecule has 0 aliphatic carbocycles. The Balaban J connectivity index is 1.89. The molecule has 134 valence electrons. The summed E-state index contributed by atoms with van der Waals surface area (Å²) < 4.78 is 51.9. The average Bonchev–Trinajstić information content (AvgIpc) is 2.58. The van der Waals surface area contributed by atoms with Gasteiger partial charge in [-0.1, -0.05) is 12.1 Å². The van der Waals surface area contributed by atoms with E-state index < -0.39 is 29.5 Å². The number of pyridine rings is 1. The fraction of sp³-hybridized carbons (Fsp3) is 0.250. The SMILES string of the molecule is CS(=O)c1ccc(CNC(=O)c2ccc(OCC(F)(F)F)nc2)cc1. The van der Waals surface area contributed by atoms with Crippen molar-refractivity contribution >= 4 is 16.7 Å². The first-order valence-corrected chi connectivity index (χ1v) is 8.66. The van der Waals surface area contributed by atoms with Crippen molar-refractivity contribution in [2.24, 2.45) is 0 Å². The molecule has 1 unspecified atom stereocenters. The van der Waals surface area contributed by atoms with Crippen LogP contribution in [0.25, 0.3) is 0 Å². The second-order valence-corrected chi connectivity index (χ2v) is 6.45. The van der Waals surface area contributed by atoms with Crippen molar-refractivity contribution in [3.05, 3.63) is 53.7 Å². The van der Waals surface area contributed by atoms with E-state index >= 15 is 0 Å². The molecule has 0 radical (unpaired) electrons. The molecule has 1 aromatic carbocycles. The van der Waals surface area contributed by atoms with E-state index in [0.717, 1.165) is 11.8 Å². The fourth-order valence-corrected chi connectivity index (χ4v) is 2.36. The van der Waals surface area contributed by atoms with Crippen LogP contribution in [0.3, 0.4) is 0 Å². The van der Waals surface area contributed by atoms with E-state index in [4.69, 9.17) is 0 Å². The van der Waals surface area contributed by atoms with Gasteiger partial charge in [-0.2, -0.15) is 13.2 Å². The van der Waals surface area contributed by atoms with Crippen LogP contribution in [0, 0.1) is 0 Å². The summed E-state index contributed by atoms with van der Waals surface area (Å²) in [5, 5.41) is 2.66. The van der Waals surface area contributed by atoms with Crippen molar-refractivity contribution in [3.8, 4) is 5.88 Å². The molecule has 0 saturated carbocycles. The Hall–Kier alpha value is -2.42. The largest absolute Gasteiger partial charge is 0.468 e. The lowest BCUT2D eigenvalue weighted by Crippen LogP contribution is -2.23. The Labute approximate surface area is 144 Å². The minimum Gasteiger partial charge on any atom is -0.468 e. The predicted molar refractivity (Wildman–Crippen MR) is 85.7 cm³/mol. The second kappa shape index (κ2) is 8.11. The highest BCUT2D eigenvalue weighted by Crippen LogP contribution is 2.17. The molecule has 0 aliphatic heterocycles. The zero-order valence-electron chi connectivity index (χ0n) is 13.2. The summed E-state index contributed by atoms with van der Waals surface area (Å²) in [5.74, 6) is -0.630. The predicted octanol–water partition coefficient (Wildman–Crippen LogP) is 2.69. The van der Waals surface area contributed by atoms with Gasteiger partial charge in [0.15, 0.2) is 6.61 Å². The molecule has 1 aromatic heterocycles. The first-order chi connectivity index (χ1) is 11.7. The molecule has 1 atom stereocenters. The summed E-state index contributed by atoms with van der Waals surface area (Å²) >= 11 is 0. The van der Waals surface area contributed by atoms with E-state index in [9.17, 15) is 22.2 Å². The van der Waals surface area contributed by atoms with Crippen molar-refractivity contribution in [1.29, 1.82) is 0 Å². The molecule has 1 N–H and O–H groups in total. The molecule has 25 heavy (non-hydrogen) atoms. The molecule has 2 rings (SSSR count). The number of amides is 1. The maximum atomic E-state index is 12.0. The Morgan fingerprint density at radius 1 is 1.20 bits per heavy atom. The van der Waals surface area contributed by atoms with Crippen LogP contribution in [-0.2, 0) is 17.3 Å². The van der Waals surface area contributed by atoms with Crippen molar-refractivity contribution in [2.45, 2.75) is 17.6 Å². The summed E-state index contributed by atoms with van der Waals surface area (Å²) in [7, 11) is -1.07. The smallest absolute Gasteiger partial charge is 0.422 e. The number of halogens is 3. The summed E-state index contributed by atoms with van der Waals surface area (Å²) in [6, 6.07) is 9.47. The quantitative estimate of drug-likeness (QED) is 0.847. The lowest BCUT2D eigenvalue weighted by Gasteiger charge is -2.09. The van der Waals surface area contributed by atoms with Crippen molar-refractivity contribution in [1.82, 2.24) is 10.3 Å². The van der Waals surface area contributed by atoms with Crippen molar-refractivity contribution < 1.29 is 26.9 Å². The molecule has 2 aromatic rings. The van der Waals surface area contributed by atoms with Gasteiger partial charge in [-0.25, -0.2) is 4.98 Å². The number of carbonyl (C=O) groups excluding carboxylic acids is 1. The van der Waals surface area contributed by atoms with Gasteiger partial charge in [-0.05, 0) is 23.8 Å². The lowest BCUT2D eigenvalue weighted by molar-refractivity contribution is -0.154. The lowest BCUT2D eigenvalue weighted by atomic mass is 10.2. The number of aromatic nitrogens is 1. The van der Waals surface area contributed by atoms with E-state index in [2.05, 4.69) is 15.0 Å². The van der Waals surface area contributed by atoms with Gasteiger partial charge < -0.3 is 10.1 Å². The first-order valence-electron chi connectivity index (χ1n) is 7.11. The van der Waals surface area contributed by atoms with Gasteiger partial charge in [0.2, 0.25) is 5.88 Å². The number of carbonyl (C=O) groups is 1. The van der Waals surface area contributed by atoms with Gasteiger partial charge in [0.1, 0.15) is 0 Å². The topological polar surface area (TPSA) is 68.3 Å². The average molecular weight is 372 g/mol. The van der Waals surface area contributed by atoms with E-state index in [0.29, 0.717) is 4.90 Å². The molecule has 0 saturated heterocycles. The maximum Gasteiger partial charge on any atom is 0.422 e. The maximum absolute atomic E-state index is 12.0. The highest BCUT2D eigenvalue weighted by Gasteiger charge is 2.28. The van der Waals surface area contributed by atoms with Crippen LogP contribution in [0.5, 0.6) is 5.88 Å². The van der Waals surface area contributed by atoms with Crippen molar-refractivity contribution in [2.75, 3.05) is 12.9 Å². The molecule has 0 spiro atoms. The van der Waals surface area contributed by atoms with Crippen LogP contribution in [0.4, 0.5) is 13.2 Å². The standard InChI is InChI=1S/C16H15F3N2O3S/c1-25(23)13-5-2-11(3-6-13)8-21-15(22)12-4-7-14(20-9-12)24-10-16(17,18)19/h2-7,9H,8,10H2,1H3,(H,21,22). The molecule has 0 fully saturated rings. The van der Waals surface area contributed by atoms with Crippen LogP contribution in [0.1, 0.15) is 15.9 Å². The molecular weight excluding hydrogens is 357 g/mol. The third-order valence-electron chi connectivity index (χ3n) is 3.09. The summed E-state index contributed by atoms with van der Waals surface area (Å²) in [6.45, 7) is -1.19. The Morgan fingerprint density at radius 3 is 2.40 bits per heavy atom. The number of benzene rings is 1. The molecular formula is C16H15F3N2O3S. The third-order valence-corrected chi connectivity index (χ3v) is 4.03. The summed E-state index contributed by atoms with van der Waals surface area (Å²) in [4.78, 5) is 16.4. The van der Waals surface area contributed by atoms with E-state index in [1.54, 1.807) is 30.5 Å². The molecule has 0 bridgehead atoms. The van der Waals surface area contributed by atoms with E-state index in [-0.39, 0.29) is 18.0 Å². The van der Waals surface area contributed by atoms with Gasteiger partial charge in [0.25, 0.3) is 5.91 Å². The number of rotatable bonds is 6. The number of nitrogens with zero attached hydrogens (tertiary/aromatic N) is 1. The van der Waals surface area contributed by atoms with Crippen LogP contribution in [0.2, 0.25) is 0 Å². The number of hydrogen-bond donors (Lipinski definition) is 1. The molecule has 1 heterocycles. The zero-order chi connectivity index (χ0) is 18.4. The van der Waals surface area contributed by atoms with Crippen LogP contribution >= 0.6 is 0 Å². The highest BCUT2D eigenvalue weighted by molar-refractivity contribution is 7.84. The number of alkyl halides is 3. The number of ether oxygens (including phenoxy) is 1. The Morgan fingerprint density at radius 2 is 1.88 bits per heavy atom. The van der Waals surface area contributed by atoms with Crippen LogP contribution in [0.15, 0.2) is 47.5 Å². The third kappa shape index (κ3) is 6.18. The van der Waals surface area contributed by atoms with Crippen molar-refractivity contribution in [3.63, 3.8) is 0 Å². The van der Waals surface area contributed by atoms with E-state index in [1.165, 1.54) is 12.1 Å². The Bertz CT molecular complexity index is 747. The minimum absolute atomic E-state index is 0.200. The fourth-order valence-electron chi connectivity index (χ4n) is 1.84. The normalized spacial score (nSPS) is 12.5. The van der Waals surface area contributed by atoms with E-state index in [1.807, 2.05) is 0 Å². The monoisotopic (exact) mass is 372 g/mol. The van der Waals surface area contributed by atoms with Gasteiger partial charge in [-0.15, -0.1) is 0 Å². The molecule has 5 nitrogen and oxygen atoms in total. The van der Waals surface area contributed by atoms with Gasteiger partial charge in [0, 0.05) is 40.8 Å². The summed E-state index contributed by atoms with van der Waals surface area (Å²) in [5.41, 5.74) is 1.02. The summed E-state index contributed by atoms with van der Waals surface area (Å²) in [6.07, 6.45) is -1.73. The van der Waals surface area contributed by atoms with Gasteiger partial charge in [0.05, 0.1) is 5.56 Å². The number of nitrogens with one attached hydrogen (secondary N) is 1. The van der Waals surface area contributed by atoms with Gasteiger partial charge >= 0.3 is 6.18 Å². The Kier molecular flexibility index (Phi) is 6.13. The van der Waals surface area contributed by atoms with Crippen LogP contribution in [-0.4, -0.2) is 34.1 Å². The first kappa shape index (κ1) is 18.9. The second-order valence-electron chi connectivity index (χ2n) is 5.07. The highest BCUT2D eigenvalue weighted by atomic mass is 32.2. The zero-order valence-corrected chi connectivity index (χ0v) is 14.0. The van der Waals surface area contributed by atoms with Gasteiger partial charge in [-0.3, -0.25) is 9.00 Å². The van der Waals surface area contributed by atoms with Crippen LogP contribution < -0.4 is 10.1 Å². The molecule has 0 aliphatic rings. The molecule has 9 heteroatoms. The number of hydrogen-bond acceptors (Lipinski definition) is 4.